The van der Waals surface area contributed by atoms with E-state index in [1.807, 2.05) is 12.3 Å². The first-order valence-electron chi connectivity index (χ1n) is 8.02. The Morgan fingerprint density at radius 1 is 1.13 bits per heavy atom. The Labute approximate surface area is 140 Å². The van der Waals surface area contributed by atoms with Crippen molar-refractivity contribution in [3.05, 3.63) is 35.0 Å². The summed E-state index contributed by atoms with van der Waals surface area (Å²) in [7, 11) is 0. The zero-order valence-corrected chi connectivity index (χ0v) is 14.3. The molecule has 122 valence electrons. The Hall–Kier alpha value is -1.79. The summed E-state index contributed by atoms with van der Waals surface area (Å²) in [6, 6.07) is 6.67. The highest BCUT2D eigenvalue weighted by Gasteiger charge is 2.24. The number of nitrogens with zero attached hydrogens (tertiary/aromatic N) is 3. The van der Waals surface area contributed by atoms with E-state index in [2.05, 4.69) is 40.8 Å². The van der Waals surface area contributed by atoms with Crippen LogP contribution in [0.15, 0.2) is 24.4 Å². The molecule has 2 aromatic rings. The van der Waals surface area contributed by atoms with Crippen molar-refractivity contribution in [3.63, 3.8) is 0 Å². The summed E-state index contributed by atoms with van der Waals surface area (Å²) in [4.78, 5) is 9.33. The predicted octanol–water partition coefficient (Wildman–Crippen LogP) is 3.06. The minimum absolute atomic E-state index is 0.333. The first kappa shape index (κ1) is 14.8. The minimum Gasteiger partial charge on any atom is -0.454 e. The second kappa shape index (κ2) is 6.02. The van der Waals surface area contributed by atoms with Crippen molar-refractivity contribution in [2.75, 3.05) is 37.9 Å². The number of benzene rings is 1. The predicted molar refractivity (Wildman–Crippen MR) is 91.6 cm³/mol. The number of hydrogen-bond acceptors (Lipinski definition) is 6. The van der Waals surface area contributed by atoms with Gasteiger partial charge >= 0.3 is 0 Å². The molecule has 0 spiro atoms. The van der Waals surface area contributed by atoms with Crippen molar-refractivity contribution in [3.8, 4) is 11.5 Å². The number of fused-ring (bicyclic) bond motifs is 1. The maximum Gasteiger partial charge on any atom is 0.231 e. The topological polar surface area (TPSA) is 37.8 Å². The fraction of sp³-hybridized carbons (Fsp3) is 0.471. The molecule has 1 fully saturated rings. The second-order valence-electron chi connectivity index (χ2n) is 6.03. The maximum absolute atomic E-state index is 5.50. The highest BCUT2D eigenvalue weighted by Crippen LogP contribution is 2.35. The molecule has 2 aliphatic rings. The van der Waals surface area contributed by atoms with Gasteiger partial charge in [0.1, 0.15) is 5.00 Å². The zero-order valence-electron chi connectivity index (χ0n) is 13.5. The molecule has 0 amide bonds. The van der Waals surface area contributed by atoms with Crippen molar-refractivity contribution in [1.29, 1.82) is 0 Å². The average Bonchev–Trinajstić information content (AvgIpc) is 3.22. The SMILES string of the molecule is Cc1ncc(N2CCN(C(C)c3ccc4c(c3)OCO4)CC2)s1. The number of rotatable bonds is 3. The van der Waals surface area contributed by atoms with Crippen molar-refractivity contribution in [1.82, 2.24) is 9.88 Å². The van der Waals surface area contributed by atoms with Gasteiger partial charge < -0.3 is 14.4 Å². The van der Waals surface area contributed by atoms with Crippen LogP contribution in [-0.2, 0) is 0 Å². The molecule has 0 aliphatic carbocycles. The average molecular weight is 331 g/mol. The second-order valence-corrected chi connectivity index (χ2v) is 7.24. The molecular formula is C17H21N3O2S. The Kier molecular flexibility index (Phi) is 3.87. The summed E-state index contributed by atoms with van der Waals surface area (Å²) in [6.45, 7) is 8.89. The molecule has 3 heterocycles. The molecule has 5 nitrogen and oxygen atoms in total. The van der Waals surface area contributed by atoms with Gasteiger partial charge in [0.25, 0.3) is 0 Å². The molecule has 1 atom stereocenters. The van der Waals surface area contributed by atoms with Gasteiger partial charge in [-0.25, -0.2) is 4.98 Å². The van der Waals surface area contributed by atoms with Crippen LogP contribution in [0, 0.1) is 6.92 Å². The molecule has 6 heteroatoms. The minimum atomic E-state index is 0.333. The Morgan fingerprint density at radius 2 is 1.91 bits per heavy atom. The summed E-state index contributed by atoms with van der Waals surface area (Å²) in [5.41, 5.74) is 1.29. The van der Waals surface area contributed by atoms with E-state index in [4.69, 9.17) is 9.47 Å². The van der Waals surface area contributed by atoms with Crippen LogP contribution in [0.4, 0.5) is 5.00 Å². The Balaban J connectivity index is 1.41. The highest BCUT2D eigenvalue weighted by atomic mass is 32.1. The van der Waals surface area contributed by atoms with E-state index >= 15 is 0 Å². The summed E-state index contributed by atoms with van der Waals surface area (Å²) >= 11 is 1.78. The Bertz CT molecular complexity index is 695. The van der Waals surface area contributed by atoms with E-state index < -0.39 is 0 Å². The van der Waals surface area contributed by atoms with Gasteiger partial charge in [0.05, 0.1) is 11.2 Å². The molecule has 2 aliphatic heterocycles. The lowest BCUT2D eigenvalue weighted by molar-refractivity contribution is 0.173. The fourth-order valence-corrected chi connectivity index (χ4v) is 4.03. The third-order valence-electron chi connectivity index (χ3n) is 4.66. The van der Waals surface area contributed by atoms with Crippen LogP contribution in [0.1, 0.15) is 23.5 Å². The smallest absolute Gasteiger partial charge is 0.231 e. The van der Waals surface area contributed by atoms with Gasteiger partial charge in [0.15, 0.2) is 11.5 Å². The number of thiazole rings is 1. The number of hydrogen-bond donors (Lipinski definition) is 0. The van der Waals surface area contributed by atoms with E-state index in [0.717, 1.165) is 42.7 Å². The van der Waals surface area contributed by atoms with Gasteiger partial charge in [-0.05, 0) is 31.5 Å². The molecule has 0 bridgehead atoms. The van der Waals surface area contributed by atoms with Gasteiger partial charge in [-0.2, -0.15) is 0 Å². The van der Waals surface area contributed by atoms with Crippen LogP contribution in [0.3, 0.4) is 0 Å². The highest BCUT2D eigenvalue weighted by molar-refractivity contribution is 7.15. The third-order valence-corrected chi connectivity index (χ3v) is 5.64. The first-order chi connectivity index (χ1) is 11.2. The molecule has 1 unspecified atom stereocenters. The Morgan fingerprint density at radius 3 is 2.65 bits per heavy atom. The van der Waals surface area contributed by atoms with Crippen molar-refractivity contribution >= 4 is 16.3 Å². The molecule has 1 aromatic carbocycles. The summed E-state index contributed by atoms with van der Waals surface area (Å²) in [6.07, 6.45) is 2.00. The van der Waals surface area contributed by atoms with Crippen LogP contribution >= 0.6 is 11.3 Å². The van der Waals surface area contributed by atoms with Crippen molar-refractivity contribution in [2.24, 2.45) is 0 Å². The van der Waals surface area contributed by atoms with E-state index in [1.165, 1.54) is 10.6 Å². The molecule has 1 saturated heterocycles. The van der Waals surface area contributed by atoms with E-state index in [-0.39, 0.29) is 0 Å². The lowest BCUT2D eigenvalue weighted by atomic mass is 10.1. The van der Waals surface area contributed by atoms with E-state index in [0.29, 0.717) is 12.8 Å². The van der Waals surface area contributed by atoms with Crippen LogP contribution in [0.25, 0.3) is 0 Å². The number of piperazine rings is 1. The third kappa shape index (κ3) is 2.88. The lowest BCUT2D eigenvalue weighted by Gasteiger charge is -2.38. The number of ether oxygens (including phenoxy) is 2. The lowest BCUT2D eigenvalue weighted by Crippen LogP contribution is -2.46. The zero-order chi connectivity index (χ0) is 15.8. The van der Waals surface area contributed by atoms with Crippen LogP contribution in [0.2, 0.25) is 0 Å². The standard InChI is InChI=1S/C17H21N3O2S/c1-12(14-3-4-15-16(9-14)22-11-21-15)19-5-7-20(8-6-19)17-10-18-13(2)23-17/h3-4,9-10,12H,5-8,11H2,1-2H3. The first-order valence-corrected chi connectivity index (χ1v) is 8.83. The maximum atomic E-state index is 5.50. The largest absolute Gasteiger partial charge is 0.454 e. The monoisotopic (exact) mass is 331 g/mol. The van der Waals surface area contributed by atoms with Gasteiger partial charge in [0, 0.05) is 32.2 Å². The number of anilines is 1. The molecule has 4 rings (SSSR count). The van der Waals surface area contributed by atoms with E-state index in [1.54, 1.807) is 11.3 Å². The van der Waals surface area contributed by atoms with Gasteiger partial charge in [0.2, 0.25) is 6.79 Å². The summed E-state index contributed by atoms with van der Waals surface area (Å²) in [5, 5.41) is 2.43. The fourth-order valence-electron chi connectivity index (χ4n) is 3.21. The molecule has 0 radical (unpaired) electrons. The van der Waals surface area contributed by atoms with Crippen molar-refractivity contribution in [2.45, 2.75) is 19.9 Å². The van der Waals surface area contributed by atoms with Crippen LogP contribution in [-0.4, -0.2) is 42.9 Å². The van der Waals surface area contributed by atoms with Gasteiger partial charge in [-0.1, -0.05) is 6.07 Å². The summed E-state index contributed by atoms with van der Waals surface area (Å²) < 4.78 is 10.9. The molecule has 0 N–H and O–H groups in total. The molecule has 23 heavy (non-hydrogen) atoms. The number of aryl methyl sites for hydroxylation is 1. The van der Waals surface area contributed by atoms with E-state index in [9.17, 15) is 0 Å². The van der Waals surface area contributed by atoms with Gasteiger partial charge in [-0.15, -0.1) is 11.3 Å². The van der Waals surface area contributed by atoms with Crippen LogP contribution in [0.5, 0.6) is 11.5 Å². The molecule has 1 aromatic heterocycles. The quantitative estimate of drug-likeness (QED) is 0.864. The van der Waals surface area contributed by atoms with Crippen LogP contribution < -0.4 is 14.4 Å². The van der Waals surface area contributed by atoms with Crippen molar-refractivity contribution < 1.29 is 9.47 Å². The normalized spacial score (nSPS) is 19.1. The number of aromatic nitrogens is 1. The molecular weight excluding hydrogens is 310 g/mol. The van der Waals surface area contributed by atoms with Gasteiger partial charge in [-0.3, -0.25) is 4.90 Å². The summed E-state index contributed by atoms with van der Waals surface area (Å²) in [5.74, 6) is 1.72. The molecule has 0 saturated carbocycles.